The Kier molecular flexibility index (Phi) is 3.10. The second kappa shape index (κ2) is 4.24. The van der Waals surface area contributed by atoms with E-state index < -0.39 is 0 Å². The molecule has 16 heavy (non-hydrogen) atoms. The molecule has 1 heterocycles. The van der Waals surface area contributed by atoms with Crippen LogP contribution in [0.3, 0.4) is 0 Å². The summed E-state index contributed by atoms with van der Waals surface area (Å²) in [7, 11) is 0. The first kappa shape index (κ1) is 11.7. The minimum Gasteiger partial charge on any atom is -0.444 e. The van der Waals surface area contributed by atoms with E-state index in [1.54, 1.807) is 0 Å². The standard InChI is InChI=1S/C12H22N2O2/c1-12(2,3)16-11(15)14(10-4-5-10)8-9-6-13-7-9/h9-10,13H,4-8H2,1-3H3. The summed E-state index contributed by atoms with van der Waals surface area (Å²) < 4.78 is 5.44. The summed E-state index contributed by atoms with van der Waals surface area (Å²) in [6.07, 6.45) is 2.14. The Morgan fingerprint density at radius 3 is 2.38 bits per heavy atom. The first-order chi connectivity index (χ1) is 7.46. The Morgan fingerprint density at radius 1 is 1.38 bits per heavy atom. The fraction of sp³-hybridized carbons (Fsp3) is 0.917. The zero-order valence-electron chi connectivity index (χ0n) is 10.5. The zero-order valence-corrected chi connectivity index (χ0v) is 10.5. The van der Waals surface area contributed by atoms with Gasteiger partial charge < -0.3 is 15.0 Å². The van der Waals surface area contributed by atoms with E-state index in [9.17, 15) is 4.79 Å². The van der Waals surface area contributed by atoms with E-state index >= 15 is 0 Å². The number of nitrogens with one attached hydrogen (secondary N) is 1. The Labute approximate surface area is 97.3 Å². The lowest BCUT2D eigenvalue weighted by atomic mass is 10.0. The SMILES string of the molecule is CC(C)(C)OC(=O)N(CC1CNC1)C1CC1. The van der Waals surface area contributed by atoms with Crippen molar-refractivity contribution < 1.29 is 9.53 Å². The van der Waals surface area contributed by atoms with Crippen molar-refractivity contribution in [2.24, 2.45) is 5.92 Å². The minimum absolute atomic E-state index is 0.137. The van der Waals surface area contributed by atoms with E-state index in [0.717, 1.165) is 32.5 Å². The van der Waals surface area contributed by atoms with Gasteiger partial charge in [0.1, 0.15) is 5.60 Å². The van der Waals surface area contributed by atoms with E-state index in [-0.39, 0.29) is 11.7 Å². The molecule has 2 aliphatic rings. The molecule has 0 aromatic rings. The summed E-state index contributed by atoms with van der Waals surface area (Å²) in [5.74, 6) is 0.619. The largest absolute Gasteiger partial charge is 0.444 e. The van der Waals surface area contributed by atoms with Crippen LogP contribution >= 0.6 is 0 Å². The molecular formula is C12H22N2O2. The smallest absolute Gasteiger partial charge is 0.410 e. The van der Waals surface area contributed by atoms with Crippen LogP contribution in [-0.2, 0) is 4.74 Å². The van der Waals surface area contributed by atoms with Crippen molar-refractivity contribution in [3.8, 4) is 0 Å². The lowest BCUT2D eigenvalue weighted by Gasteiger charge is -2.34. The molecule has 0 bridgehead atoms. The second-order valence-corrected chi connectivity index (χ2v) is 5.89. The summed E-state index contributed by atoms with van der Waals surface area (Å²) in [5.41, 5.74) is -0.387. The van der Waals surface area contributed by atoms with E-state index in [1.807, 2.05) is 25.7 Å². The lowest BCUT2D eigenvalue weighted by Crippen LogP contribution is -2.50. The van der Waals surface area contributed by atoms with Crippen molar-refractivity contribution in [3.05, 3.63) is 0 Å². The highest BCUT2D eigenvalue weighted by Crippen LogP contribution is 2.29. The third kappa shape index (κ3) is 3.11. The van der Waals surface area contributed by atoms with Crippen LogP contribution in [0, 0.1) is 5.92 Å². The third-order valence-electron chi connectivity index (χ3n) is 2.94. The number of carbonyl (C=O) groups is 1. The quantitative estimate of drug-likeness (QED) is 0.795. The summed E-state index contributed by atoms with van der Waals surface area (Å²) >= 11 is 0. The highest BCUT2D eigenvalue weighted by Gasteiger charge is 2.37. The molecule has 0 unspecified atom stereocenters. The molecular weight excluding hydrogens is 204 g/mol. The number of carbonyl (C=O) groups excluding carboxylic acids is 1. The summed E-state index contributed by atoms with van der Waals surface area (Å²) in [4.78, 5) is 13.9. The van der Waals surface area contributed by atoms with Gasteiger partial charge in [0.15, 0.2) is 0 Å². The number of hydrogen-bond donors (Lipinski definition) is 1. The van der Waals surface area contributed by atoms with E-state index in [4.69, 9.17) is 4.74 Å². The van der Waals surface area contributed by atoms with E-state index in [1.165, 1.54) is 0 Å². The van der Waals surface area contributed by atoms with Crippen molar-refractivity contribution >= 4 is 6.09 Å². The van der Waals surface area contributed by atoms with Gasteiger partial charge in [0.05, 0.1) is 0 Å². The van der Waals surface area contributed by atoms with Gasteiger partial charge in [-0.15, -0.1) is 0 Å². The van der Waals surface area contributed by atoms with Gasteiger partial charge in [-0.3, -0.25) is 0 Å². The molecule has 0 aromatic carbocycles. The van der Waals surface area contributed by atoms with Gasteiger partial charge in [-0.25, -0.2) is 4.79 Å². The third-order valence-corrected chi connectivity index (χ3v) is 2.94. The van der Waals surface area contributed by atoms with Crippen LogP contribution in [0.15, 0.2) is 0 Å². The van der Waals surface area contributed by atoms with Crippen molar-refractivity contribution in [2.45, 2.75) is 45.3 Å². The molecule has 2 rings (SSSR count). The molecule has 1 N–H and O–H groups in total. The number of hydrogen-bond acceptors (Lipinski definition) is 3. The molecule has 0 atom stereocenters. The Morgan fingerprint density at radius 2 is 2.00 bits per heavy atom. The molecule has 0 aromatic heterocycles. The van der Waals surface area contributed by atoms with Crippen molar-refractivity contribution in [2.75, 3.05) is 19.6 Å². The van der Waals surface area contributed by atoms with Crippen molar-refractivity contribution in [1.29, 1.82) is 0 Å². The predicted octanol–water partition coefficient (Wildman–Crippen LogP) is 1.61. The molecule has 1 amide bonds. The number of nitrogens with zero attached hydrogens (tertiary/aromatic N) is 1. The minimum atomic E-state index is -0.387. The summed E-state index contributed by atoms with van der Waals surface area (Å²) in [6.45, 7) is 8.67. The fourth-order valence-electron chi connectivity index (χ4n) is 1.84. The normalized spacial score (nSPS) is 21.4. The Balaban J connectivity index is 1.87. The number of ether oxygens (including phenoxy) is 1. The van der Waals surface area contributed by atoms with Gasteiger partial charge >= 0.3 is 6.09 Å². The predicted molar refractivity (Wildman–Crippen MR) is 62.3 cm³/mol. The first-order valence-corrected chi connectivity index (χ1v) is 6.16. The van der Waals surface area contributed by atoms with E-state index in [2.05, 4.69) is 5.32 Å². The average Bonchev–Trinajstić information content (AvgIpc) is 2.81. The monoisotopic (exact) mass is 226 g/mol. The molecule has 1 aliphatic heterocycles. The summed E-state index contributed by atoms with van der Waals surface area (Å²) in [6, 6.07) is 0.440. The molecule has 1 saturated heterocycles. The maximum Gasteiger partial charge on any atom is 0.410 e. The van der Waals surface area contributed by atoms with Gasteiger partial charge in [-0.1, -0.05) is 0 Å². The van der Waals surface area contributed by atoms with Gasteiger partial charge in [-0.2, -0.15) is 0 Å². The zero-order chi connectivity index (χ0) is 11.8. The van der Waals surface area contributed by atoms with Gasteiger partial charge in [-0.05, 0) is 33.6 Å². The van der Waals surface area contributed by atoms with Crippen LogP contribution in [0.1, 0.15) is 33.6 Å². The topological polar surface area (TPSA) is 41.6 Å². The maximum absolute atomic E-state index is 12.0. The van der Waals surface area contributed by atoms with Crippen LogP contribution in [0.4, 0.5) is 4.79 Å². The van der Waals surface area contributed by atoms with Crippen LogP contribution in [-0.4, -0.2) is 42.3 Å². The lowest BCUT2D eigenvalue weighted by molar-refractivity contribution is 0.0185. The van der Waals surface area contributed by atoms with Crippen molar-refractivity contribution in [3.63, 3.8) is 0 Å². The molecule has 4 nitrogen and oxygen atoms in total. The highest BCUT2D eigenvalue weighted by atomic mass is 16.6. The number of rotatable bonds is 3. The van der Waals surface area contributed by atoms with Gasteiger partial charge in [0.25, 0.3) is 0 Å². The first-order valence-electron chi connectivity index (χ1n) is 6.16. The fourth-order valence-corrected chi connectivity index (χ4v) is 1.84. The molecule has 0 radical (unpaired) electrons. The highest BCUT2D eigenvalue weighted by molar-refractivity contribution is 5.69. The molecule has 1 aliphatic carbocycles. The second-order valence-electron chi connectivity index (χ2n) is 5.89. The molecule has 92 valence electrons. The maximum atomic E-state index is 12.0. The average molecular weight is 226 g/mol. The van der Waals surface area contributed by atoms with Crippen LogP contribution in [0.25, 0.3) is 0 Å². The molecule has 0 spiro atoms. The van der Waals surface area contributed by atoms with Crippen LogP contribution < -0.4 is 5.32 Å². The molecule has 4 heteroatoms. The molecule has 1 saturated carbocycles. The van der Waals surface area contributed by atoms with Gasteiger partial charge in [0.2, 0.25) is 0 Å². The number of amides is 1. The Hall–Kier alpha value is -0.770. The summed E-state index contributed by atoms with van der Waals surface area (Å²) in [5, 5.41) is 3.23. The van der Waals surface area contributed by atoms with Crippen LogP contribution in [0.2, 0.25) is 0 Å². The Bertz CT molecular complexity index is 265. The van der Waals surface area contributed by atoms with Crippen LogP contribution in [0.5, 0.6) is 0 Å². The van der Waals surface area contributed by atoms with Gasteiger partial charge in [0, 0.05) is 31.6 Å². The molecule has 2 fully saturated rings. The van der Waals surface area contributed by atoms with Crippen molar-refractivity contribution in [1.82, 2.24) is 10.2 Å². The van der Waals surface area contributed by atoms with E-state index in [0.29, 0.717) is 12.0 Å².